The molecule has 1 aromatic carbocycles. The molecule has 1 heterocycles. The predicted octanol–water partition coefficient (Wildman–Crippen LogP) is 3.21. The number of rotatable bonds is 7. The summed E-state index contributed by atoms with van der Waals surface area (Å²) in [6.45, 7) is 7.62. The quantitative estimate of drug-likeness (QED) is 0.835. The second-order valence-corrected chi connectivity index (χ2v) is 7.08. The third-order valence-electron chi connectivity index (χ3n) is 5.27. The molecule has 0 radical (unpaired) electrons. The van der Waals surface area contributed by atoms with Crippen LogP contribution in [0.4, 0.5) is 0 Å². The van der Waals surface area contributed by atoms with Crippen LogP contribution in [0, 0.1) is 11.8 Å². The van der Waals surface area contributed by atoms with Gasteiger partial charge in [0, 0.05) is 31.6 Å². The van der Waals surface area contributed by atoms with Gasteiger partial charge in [0.05, 0.1) is 6.61 Å². The minimum Gasteiger partial charge on any atom is -0.494 e. The molecule has 2 aliphatic rings. The Hall–Kier alpha value is -1.55. The number of ether oxygens (including phenoxy) is 1. The molecule has 2 fully saturated rings. The van der Waals surface area contributed by atoms with Gasteiger partial charge in [0.15, 0.2) is 0 Å². The summed E-state index contributed by atoms with van der Waals surface area (Å²) < 4.78 is 5.58. The Balaban J connectivity index is 1.53. The van der Waals surface area contributed by atoms with Crippen LogP contribution < -0.4 is 10.1 Å². The Morgan fingerprint density at radius 1 is 1.29 bits per heavy atom. The highest BCUT2D eigenvalue weighted by Gasteiger charge is 2.37. The van der Waals surface area contributed by atoms with Gasteiger partial charge in [-0.1, -0.05) is 25.5 Å². The molecule has 132 valence electrons. The molecule has 4 heteroatoms. The predicted molar refractivity (Wildman–Crippen MR) is 95.9 cm³/mol. The first-order valence-electron chi connectivity index (χ1n) is 9.45. The molecule has 0 aromatic heterocycles. The lowest BCUT2D eigenvalue weighted by Gasteiger charge is -2.39. The summed E-state index contributed by atoms with van der Waals surface area (Å²) in [6, 6.07) is 8.81. The average Bonchev–Trinajstić information content (AvgIpc) is 3.45. The fourth-order valence-electron chi connectivity index (χ4n) is 3.66. The van der Waals surface area contributed by atoms with Gasteiger partial charge in [0.2, 0.25) is 5.91 Å². The van der Waals surface area contributed by atoms with Gasteiger partial charge in [0.25, 0.3) is 0 Å². The second-order valence-electron chi connectivity index (χ2n) is 7.08. The molecule has 1 N–H and O–H groups in total. The van der Waals surface area contributed by atoms with E-state index in [0.29, 0.717) is 30.4 Å². The van der Waals surface area contributed by atoms with Crippen molar-refractivity contribution in [2.75, 3.05) is 19.7 Å². The molecule has 0 spiro atoms. The lowest BCUT2D eigenvalue weighted by molar-refractivity contribution is -0.134. The molecular weight excluding hydrogens is 300 g/mol. The Morgan fingerprint density at radius 2 is 2.12 bits per heavy atom. The SMILES string of the molecule is CCOc1cccc(CN[C@H]2CCN(C(=O)C3CC3)C[C@@H]2CC)c1. The molecule has 3 rings (SSSR count). The number of hydrogen-bond acceptors (Lipinski definition) is 3. The average molecular weight is 330 g/mol. The Morgan fingerprint density at radius 3 is 2.83 bits per heavy atom. The summed E-state index contributed by atoms with van der Waals surface area (Å²) in [6.07, 6.45) is 4.38. The molecule has 0 unspecified atom stereocenters. The molecule has 1 saturated heterocycles. The fraction of sp³-hybridized carbons (Fsp3) is 0.650. The highest BCUT2D eigenvalue weighted by Crippen LogP contribution is 2.33. The summed E-state index contributed by atoms with van der Waals surface area (Å²) in [5, 5.41) is 3.72. The van der Waals surface area contributed by atoms with Crippen molar-refractivity contribution in [1.82, 2.24) is 10.2 Å². The molecule has 1 aliphatic carbocycles. The van der Waals surface area contributed by atoms with Crippen molar-refractivity contribution in [3.63, 3.8) is 0 Å². The van der Waals surface area contributed by atoms with E-state index in [9.17, 15) is 4.79 Å². The van der Waals surface area contributed by atoms with Crippen molar-refractivity contribution in [2.45, 2.75) is 52.1 Å². The van der Waals surface area contributed by atoms with E-state index in [1.165, 1.54) is 5.56 Å². The van der Waals surface area contributed by atoms with E-state index in [2.05, 4.69) is 35.3 Å². The summed E-state index contributed by atoms with van der Waals surface area (Å²) >= 11 is 0. The van der Waals surface area contributed by atoms with Gasteiger partial charge < -0.3 is 15.0 Å². The fourth-order valence-corrected chi connectivity index (χ4v) is 3.66. The van der Waals surface area contributed by atoms with Crippen molar-refractivity contribution in [2.24, 2.45) is 11.8 Å². The van der Waals surface area contributed by atoms with Crippen LogP contribution in [-0.4, -0.2) is 36.5 Å². The van der Waals surface area contributed by atoms with E-state index in [0.717, 1.165) is 51.1 Å². The van der Waals surface area contributed by atoms with Crippen LogP contribution in [0.25, 0.3) is 0 Å². The summed E-state index contributed by atoms with van der Waals surface area (Å²) in [7, 11) is 0. The van der Waals surface area contributed by atoms with Gasteiger partial charge in [0.1, 0.15) is 5.75 Å². The molecule has 2 atom stereocenters. The number of piperidine rings is 1. The normalized spacial score (nSPS) is 24.0. The van der Waals surface area contributed by atoms with Crippen LogP contribution in [-0.2, 0) is 11.3 Å². The van der Waals surface area contributed by atoms with Crippen LogP contribution >= 0.6 is 0 Å². The van der Waals surface area contributed by atoms with Gasteiger partial charge in [-0.3, -0.25) is 4.79 Å². The second kappa shape index (κ2) is 8.02. The van der Waals surface area contributed by atoms with Crippen LogP contribution in [0.1, 0.15) is 45.1 Å². The highest BCUT2D eigenvalue weighted by molar-refractivity contribution is 5.81. The van der Waals surface area contributed by atoms with Gasteiger partial charge in [-0.2, -0.15) is 0 Å². The number of nitrogens with one attached hydrogen (secondary N) is 1. The lowest BCUT2D eigenvalue weighted by atomic mass is 9.89. The first-order chi connectivity index (χ1) is 11.7. The van der Waals surface area contributed by atoms with E-state index < -0.39 is 0 Å². The molecule has 0 bridgehead atoms. The Bertz CT molecular complexity index is 556. The number of amides is 1. The highest BCUT2D eigenvalue weighted by atomic mass is 16.5. The van der Waals surface area contributed by atoms with E-state index in [1.807, 2.05) is 13.0 Å². The maximum atomic E-state index is 12.3. The number of carbonyl (C=O) groups excluding carboxylic acids is 1. The standard InChI is InChI=1S/C20H30N2O2/c1-3-16-14-22(20(23)17-8-9-17)11-10-19(16)21-13-15-6-5-7-18(12-15)24-4-2/h5-7,12,16-17,19,21H,3-4,8-11,13-14H2,1-2H3/t16-,19-/m0/s1. The number of benzene rings is 1. The van der Waals surface area contributed by atoms with Gasteiger partial charge in [-0.05, 0) is 49.8 Å². The zero-order chi connectivity index (χ0) is 16.9. The van der Waals surface area contributed by atoms with Crippen LogP contribution in [0.15, 0.2) is 24.3 Å². The maximum absolute atomic E-state index is 12.3. The monoisotopic (exact) mass is 330 g/mol. The zero-order valence-corrected chi connectivity index (χ0v) is 15.0. The lowest BCUT2D eigenvalue weighted by Crippen LogP contribution is -2.51. The van der Waals surface area contributed by atoms with E-state index >= 15 is 0 Å². The van der Waals surface area contributed by atoms with Crippen LogP contribution in [0.3, 0.4) is 0 Å². The Kier molecular flexibility index (Phi) is 5.77. The molecule has 1 aliphatic heterocycles. The summed E-state index contributed by atoms with van der Waals surface area (Å²) in [5.74, 6) is 2.23. The summed E-state index contributed by atoms with van der Waals surface area (Å²) in [5.41, 5.74) is 1.26. The van der Waals surface area contributed by atoms with Crippen molar-refractivity contribution in [3.05, 3.63) is 29.8 Å². The molecule has 4 nitrogen and oxygen atoms in total. The first-order valence-corrected chi connectivity index (χ1v) is 9.45. The smallest absolute Gasteiger partial charge is 0.225 e. The van der Waals surface area contributed by atoms with E-state index in [-0.39, 0.29) is 0 Å². The largest absolute Gasteiger partial charge is 0.494 e. The van der Waals surface area contributed by atoms with Crippen molar-refractivity contribution in [3.8, 4) is 5.75 Å². The van der Waals surface area contributed by atoms with Gasteiger partial charge >= 0.3 is 0 Å². The topological polar surface area (TPSA) is 41.6 Å². The molecule has 1 saturated carbocycles. The van der Waals surface area contributed by atoms with Crippen LogP contribution in [0.5, 0.6) is 5.75 Å². The van der Waals surface area contributed by atoms with Gasteiger partial charge in [-0.15, -0.1) is 0 Å². The van der Waals surface area contributed by atoms with E-state index in [4.69, 9.17) is 4.74 Å². The zero-order valence-electron chi connectivity index (χ0n) is 15.0. The number of nitrogens with zero attached hydrogens (tertiary/aromatic N) is 1. The molecular formula is C20H30N2O2. The molecule has 24 heavy (non-hydrogen) atoms. The minimum atomic E-state index is 0.341. The Labute approximate surface area is 145 Å². The number of hydrogen-bond donors (Lipinski definition) is 1. The third-order valence-corrected chi connectivity index (χ3v) is 5.27. The van der Waals surface area contributed by atoms with Crippen molar-refractivity contribution < 1.29 is 9.53 Å². The van der Waals surface area contributed by atoms with Crippen molar-refractivity contribution >= 4 is 5.91 Å². The van der Waals surface area contributed by atoms with E-state index in [1.54, 1.807) is 0 Å². The molecule has 1 amide bonds. The number of likely N-dealkylation sites (tertiary alicyclic amines) is 1. The number of carbonyl (C=O) groups is 1. The minimum absolute atomic E-state index is 0.341. The third kappa shape index (κ3) is 4.29. The van der Waals surface area contributed by atoms with Crippen molar-refractivity contribution in [1.29, 1.82) is 0 Å². The first kappa shape index (κ1) is 17.3. The maximum Gasteiger partial charge on any atom is 0.225 e. The van der Waals surface area contributed by atoms with Crippen LogP contribution in [0.2, 0.25) is 0 Å². The van der Waals surface area contributed by atoms with Gasteiger partial charge in [-0.25, -0.2) is 0 Å². The summed E-state index contributed by atoms with van der Waals surface area (Å²) in [4.78, 5) is 14.4. The molecule has 1 aromatic rings.